The summed E-state index contributed by atoms with van der Waals surface area (Å²) < 4.78 is 10.6. The number of alkyl halides is 1. The molecule has 0 heterocycles. The van der Waals surface area contributed by atoms with Crippen molar-refractivity contribution in [2.45, 2.75) is 38.6 Å². The van der Waals surface area contributed by atoms with Gasteiger partial charge in [0.2, 0.25) is 0 Å². The molecule has 3 atom stereocenters. The molecule has 0 aromatic rings. The maximum absolute atomic E-state index is 10.1. The van der Waals surface area contributed by atoms with Gasteiger partial charge in [-0.25, -0.2) is 0 Å². The molecule has 0 aromatic heterocycles. The van der Waals surface area contributed by atoms with Crippen LogP contribution in [0.4, 0.5) is 0 Å². The molecule has 0 spiro atoms. The lowest BCUT2D eigenvalue weighted by Gasteiger charge is -2.29. The second kappa shape index (κ2) is 6.74. The van der Waals surface area contributed by atoms with Crippen LogP contribution >= 0.6 is 11.6 Å². The molecule has 0 aliphatic heterocycles. The van der Waals surface area contributed by atoms with E-state index in [0.29, 0.717) is 5.92 Å². The molecule has 3 nitrogen and oxygen atoms in total. The van der Waals surface area contributed by atoms with Crippen LogP contribution < -0.4 is 0 Å². The number of methoxy groups -OCH3 is 2. The first-order chi connectivity index (χ1) is 8.17. The molecule has 0 saturated heterocycles. The Morgan fingerprint density at radius 2 is 2.06 bits per heavy atom. The van der Waals surface area contributed by atoms with E-state index in [-0.39, 0.29) is 17.6 Å². The standard InChI is InChI=1S/C13H23ClO3/c1-4-5-6-7-10-8-13(10,11(15)9-14)12(16-2)17-3/h5-6,10-12,15H,4,7-9H2,1-3H3/b6-5-/t10-,11+,13?/m1/s1. The molecule has 1 aliphatic rings. The van der Waals surface area contributed by atoms with Crippen LogP contribution in [0.5, 0.6) is 0 Å². The molecule has 0 bridgehead atoms. The Hall–Kier alpha value is -0.0900. The van der Waals surface area contributed by atoms with E-state index in [1.807, 2.05) is 0 Å². The highest BCUT2D eigenvalue weighted by molar-refractivity contribution is 6.18. The average molecular weight is 263 g/mol. The van der Waals surface area contributed by atoms with Crippen molar-refractivity contribution in [1.29, 1.82) is 0 Å². The number of allylic oxidation sites excluding steroid dienone is 2. The normalized spacial score (nSPS) is 30.1. The van der Waals surface area contributed by atoms with Crippen molar-refractivity contribution in [2.75, 3.05) is 20.1 Å². The van der Waals surface area contributed by atoms with Gasteiger partial charge in [0, 0.05) is 20.1 Å². The number of ether oxygens (including phenoxy) is 2. The Morgan fingerprint density at radius 3 is 2.53 bits per heavy atom. The number of hydrogen-bond acceptors (Lipinski definition) is 3. The van der Waals surface area contributed by atoms with E-state index in [9.17, 15) is 5.11 Å². The lowest BCUT2D eigenvalue weighted by Crippen LogP contribution is -2.39. The van der Waals surface area contributed by atoms with Crippen LogP contribution in [0.1, 0.15) is 26.2 Å². The summed E-state index contributed by atoms with van der Waals surface area (Å²) in [5.41, 5.74) is -0.330. The van der Waals surface area contributed by atoms with Crippen LogP contribution in [0.15, 0.2) is 12.2 Å². The number of aliphatic hydroxyl groups is 1. The van der Waals surface area contributed by atoms with E-state index < -0.39 is 6.10 Å². The summed E-state index contributed by atoms with van der Waals surface area (Å²) >= 11 is 5.78. The largest absolute Gasteiger partial charge is 0.391 e. The molecule has 1 aliphatic carbocycles. The first-order valence-corrected chi connectivity index (χ1v) is 6.65. The van der Waals surface area contributed by atoms with Crippen molar-refractivity contribution in [1.82, 2.24) is 0 Å². The summed E-state index contributed by atoms with van der Waals surface area (Å²) in [6, 6.07) is 0. The molecule has 100 valence electrons. The highest BCUT2D eigenvalue weighted by atomic mass is 35.5. The predicted octanol–water partition coefficient (Wildman–Crippen LogP) is 2.57. The Bertz CT molecular complexity index is 253. The van der Waals surface area contributed by atoms with Gasteiger partial charge < -0.3 is 14.6 Å². The zero-order chi connectivity index (χ0) is 12.9. The van der Waals surface area contributed by atoms with Gasteiger partial charge in [-0.15, -0.1) is 11.6 Å². The third kappa shape index (κ3) is 3.02. The smallest absolute Gasteiger partial charge is 0.165 e. The van der Waals surface area contributed by atoms with Crippen molar-refractivity contribution >= 4 is 11.6 Å². The number of aliphatic hydroxyl groups excluding tert-OH is 1. The quantitative estimate of drug-likeness (QED) is 0.415. The van der Waals surface area contributed by atoms with Gasteiger partial charge in [0.1, 0.15) is 0 Å². The van der Waals surface area contributed by atoms with Crippen LogP contribution in [0, 0.1) is 11.3 Å². The van der Waals surface area contributed by atoms with Crippen molar-refractivity contribution < 1.29 is 14.6 Å². The minimum absolute atomic E-state index is 0.219. The molecule has 4 heteroatoms. The van der Waals surface area contributed by atoms with Crippen molar-refractivity contribution in [3.63, 3.8) is 0 Å². The first kappa shape index (κ1) is 15.0. The highest BCUT2D eigenvalue weighted by Crippen LogP contribution is 2.60. The highest BCUT2D eigenvalue weighted by Gasteiger charge is 2.63. The van der Waals surface area contributed by atoms with Gasteiger partial charge in [-0.05, 0) is 25.2 Å². The van der Waals surface area contributed by atoms with E-state index in [2.05, 4.69) is 19.1 Å². The summed E-state index contributed by atoms with van der Waals surface area (Å²) in [5, 5.41) is 10.1. The number of halogens is 1. The average Bonchev–Trinajstić information content (AvgIpc) is 3.06. The Labute approximate surface area is 109 Å². The molecule has 1 N–H and O–H groups in total. The van der Waals surface area contributed by atoms with Crippen molar-refractivity contribution in [3.8, 4) is 0 Å². The lowest BCUT2D eigenvalue weighted by atomic mass is 9.94. The SMILES string of the molecule is CC/C=C\C[C@@H]1CC1(C(OC)OC)[C@@H](O)CCl. The minimum Gasteiger partial charge on any atom is -0.391 e. The second-order valence-electron chi connectivity index (χ2n) is 4.60. The van der Waals surface area contributed by atoms with Crippen LogP contribution in [0.25, 0.3) is 0 Å². The second-order valence-corrected chi connectivity index (χ2v) is 4.91. The zero-order valence-electron chi connectivity index (χ0n) is 10.9. The van der Waals surface area contributed by atoms with Gasteiger partial charge in [-0.3, -0.25) is 0 Å². The molecular weight excluding hydrogens is 240 g/mol. The molecule has 1 saturated carbocycles. The van der Waals surface area contributed by atoms with Crippen LogP contribution in [0.2, 0.25) is 0 Å². The maximum Gasteiger partial charge on any atom is 0.165 e. The monoisotopic (exact) mass is 262 g/mol. The van der Waals surface area contributed by atoms with Gasteiger partial charge in [0.25, 0.3) is 0 Å². The van der Waals surface area contributed by atoms with Gasteiger partial charge in [-0.2, -0.15) is 0 Å². The van der Waals surface area contributed by atoms with Crippen LogP contribution in [-0.2, 0) is 9.47 Å². The summed E-state index contributed by atoms with van der Waals surface area (Å²) in [6.07, 6.45) is 6.24. The summed E-state index contributed by atoms with van der Waals surface area (Å²) in [5.74, 6) is 0.612. The van der Waals surface area contributed by atoms with Crippen molar-refractivity contribution in [3.05, 3.63) is 12.2 Å². The van der Waals surface area contributed by atoms with E-state index in [1.54, 1.807) is 14.2 Å². The molecule has 0 radical (unpaired) electrons. The summed E-state index contributed by atoms with van der Waals surface area (Å²) in [6.45, 7) is 2.11. The molecule has 1 unspecified atom stereocenters. The van der Waals surface area contributed by atoms with Gasteiger partial charge >= 0.3 is 0 Å². The Kier molecular flexibility index (Phi) is 5.93. The predicted molar refractivity (Wildman–Crippen MR) is 69.1 cm³/mol. The van der Waals surface area contributed by atoms with E-state index in [4.69, 9.17) is 21.1 Å². The van der Waals surface area contributed by atoms with Gasteiger partial charge in [0.05, 0.1) is 11.5 Å². The molecular formula is C13H23ClO3. The fraction of sp³-hybridized carbons (Fsp3) is 0.846. The maximum atomic E-state index is 10.1. The topological polar surface area (TPSA) is 38.7 Å². The van der Waals surface area contributed by atoms with E-state index in [1.165, 1.54) is 0 Å². The van der Waals surface area contributed by atoms with Crippen LogP contribution in [0.3, 0.4) is 0 Å². The third-order valence-corrected chi connectivity index (χ3v) is 3.95. The van der Waals surface area contributed by atoms with E-state index >= 15 is 0 Å². The molecule has 17 heavy (non-hydrogen) atoms. The fourth-order valence-electron chi connectivity index (χ4n) is 2.63. The third-order valence-electron chi connectivity index (χ3n) is 3.66. The van der Waals surface area contributed by atoms with E-state index in [0.717, 1.165) is 19.3 Å². The Morgan fingerprint density at radius 1 is 1.41 bits per heavy atom. The molecule has 1 fully saturated rings. The number of hydrogen-bond donors (Lipinski definition) is 1. The molecule has 0 amide bonds. The zero-order valence-corrected chi connectivity index (χ0v) is 11.6. The fourth-order valence-corrected chi connectivity index (χ4v) is 2.92. The Balaban J connectivity index is 2.68. The summed E-state index contributed by atoms with van der Waals surface area (Å²) in [7, 11) is 3.21. The van der Waals surface area contributed by atoms with Crippen LogP contribution in [-0.4, -0.2) is 37.6 Å². The molecule has 1 rings (SSSR count). The first-order valence-electron chi connectivity index (χ1n) is 6.11. The summed E-state index contributed by atoms with van der Waals surface area (Å²) in [4.78, 5) is 0. The van der Waals surface area contributed by atoms with Crippen molar-refractivity contribution in [2.24, 2.45) is 11.3 Å². The molecule has 0 aromatic carbocycles. The minimum atomic E-state index is -0.575. The van der Waals surface area contributed by atoms with Gasteiger partial charge in [-0.1, -0.05) is 19.1 Å². The number of rotatable bonds is 8. The lowest BCUT2D eigenvalue weighted by molar-refractivity contribution is -0.174. The van der Waals surface area contributed by atoms with Gasteiger partial charge in [0.15, 0.2) is 6.29 Å².